The largest absolute Gasteiger partial charge is 0.393 e. The number of hydrogen-bond donors (Lipinski definition) is 0. The first-order valence-electron chi connectivity index (χ1n) is 5.60. The van der Waals surface area contributed by atoms with E-state index in [1.807, 2.05) is 6.07 Å². The van der Waals surface area contributed by atoms with Crippen molar-refractivity contribution in [2.45, 2.75) is 25.3 Å². The third-order valence-corrected chi connectivity index (χ3v) is 4.35. The normalized spacial score (nSPS) is 17.9. The Bertz CT molecular complexity index is 270. The molecule has 1 aliphatic heterocycles. The second-order valence-electron chi connectivity index (χ2n) is 3.76. The second kappa shape index (κ2) is 6.05. The number of rotatable bonds is 4. The van der Waals surface area contributed by atoms with E-state index >= 15 is 0 Å². The molecular weight excluding hydrogens is 204 g/mol. The van der Waals surface area contributed by atoms with Gasteiger partial charge in [0.15, 0.2) is 0 Å². The molecule has 3 heteroatoms. The van der Waals surface area contributed by atoms with Crippen molar-refractivity contribution >= 4 is 9.28 Å². The zero-order chi connectivity index (χ0) is 10.3. The van der Waals surface area contributed by atoms with Gasteiger partial charge in [0.05, 0.1) is 0 Å². The summed E-state index contributed by atoms with van der Waals surface area (Å²) in [6.45, 7) is 1.71. The molecule has 0 aliphatic carbocycles. The summed E-state index contributed by atoms with van der Waals surface area (Å²) in [4.78, 5) is 0. The molecule has 0 unspecified atom stereocenters. The maximum atomic E-state index is 5.77. The summed E-state index contributed by atoms with van der Waals surface area (Å²) in [5, 5.41) is 0. The quantitative estimate of drug-likeness (QED) is 0.727. The standard InChI is InChI=1S/C12H17O2Si/c1-2-6-12(7-3-1)8-10-14-15-11-5-4-9-13-15/h1-3,6-7H,4-5,8-11H2. The van der Waals surface area contributed by atoms with Gasteiger partial charge in [-0.3, -0.25) is 0 Å². The van der Waals surface area contributed by atoms with Crippen molar-refractivity contribution in [3.05, 3.63) is 35.9 Å². The van der Waals surface area contributed by atoms with Crippen molar-refractivity contribution in [3.63, 3.8) is 0 Å². The summed E-state index contributed by atoms with van der Waals surface area (Å²) in [6, 6.07) is 11.6. The van der Waals surface area contributed by atoms with Gasteiger partial charge in [0.25, 0.3) is 0 Å². The molecule has 0 atom stereocenters. The lowest BCUT2D eigenvalue weighted by Crippen LogP contribution is -2.27. The van der Waals surface area contributed by atoms with Crippen molar-refractivity contribution in [1.82, 2.24) is 0 Å². The minimum absolute atomic E-state index is 0.804. The smallest absolute Gasteiger partial charge is 0.384 e. The Kier molecular flexibility index (Phi) is 4.38. The Morgan fingerprint density at radius 1 is 1.20 bits per heavy atom. The predicted molar refractivity (Wildman–Crippen MR) is 61.8 cm³/mol. The van der Waals surface area contributed by atoms with Crippen molar-refractivity contribution in [3.8, 4) is 0 Å². The molecule has 2 rings (SSSR count). The molecule has 81 valence electrons. The van der Waals surface area contributed by atoms with E-state index in [9.17, 15) is 0 Å². The van der Waals surface area contributed by atoms with Crippen molar-refractivity contribution < 1.29 is 8.85 Å². The van der Waals surface area contributed by atoms with Crippen molar-refractivity contribution in [1.29, 1.82) is 0 Å². The summed E-state index contributed by atoms with van der Waals surface area (Å²) in [5.41, 5.74) is 1.34. The van der Waals surface area contributed by atoms with E-state index in [4.69, 9.17) is 8.85 Å². The highest BCUT2D eigenvalue weighted by atomic mass is 28.3. The average molecular weight is 221 g/mol. The third-order valence-electron chi connectivity index (χ3n) is 2.53. The van der Waals surface area contributed by atoms with Crippen molar-refractivity contribution in [2.75, 3.05) is 13.2 Å². The van der Waals surface area contributed by atoms with E-state index in [1.54, 1.807) is 0 Å². The summed E-state index contributed by atoms with van der Waals surface area (Å²) in [6.07, 6.45) is 3.48. The summed E-state index contributed by atoms with van der Waals surface area (Å²) >= 11 is 0. The molecule has 0 spiro atoms. The summed E-state index contributed by atoms with van der Waals surface area (Å²) in [5.74, 6) is 0. The fourth-order valence-corrected chi connectivity index (χ4v) is 3.28. The zero-order valence-electron chi connectivity index (χ0n) is 8.95. The molecule has 1 fully saturated rings. The highest BCUT2D eigenvalue weighted by Crippen LogP contribution is 2.12. The van der Waals surface area contributed by atoms with Gasteiger partial charge in [-0.25, -0.2) is 0 Å². The van der Waals surface area contributed by atoms with Gasteiger partial charge in [-0.15, -0.1) is 0 Å². The fraction of sp³-hybridized carbons (Fsp3) is 0.500. The van der Waals surface area contributed by atoms with E-state index in [2.05, 4.69) is 24.3 Å². The van der Waals surface area contributed by atoms with Gasteiger partial charge in [0, 0.05) is 13.2 Å². The van der Waals surface area contributed by atoms with Crippen LogP contribution >= 0.6 is 0 Å². The Labute approximate surface area is 93.1 Å². The van der Waals surface area contributed by atoms with Gasteiger partial charge in [0.2, 0.25) is 0 Å². The monoisotopic (exact) mass is 221 g/mol. The van der Waals surface area contributed by atoms with Crippen LogP contribution in [-0.2, 0) is 15.3 Å². The van der Waals surface area contributed by atoms with Gasteiger partial charge in [-0.1, -0.05) is 30.3 Å². The van der Waals surface area contributed by atoms with Gasteiger partial charge in [0.1, 0.15) is 0 Å². The number of benzene rings is 1. The molecule has 1 radical (unpaired) electrons. The molecule has 1 aromatic rings. The first kappa shape index (κ1) is 10.9. The summed E-state index contributed by atoms with van der Waals surface area (Å²) in [7, 11) is -0.918. The third kappa shape index (κ3) is 3.78. The van der Waals surface area contributed by atoms with Crippen molar-refractivity contribution in [2.24, 2.45) is 0 Å². The zero-order valence-corrected chi connectivity index (χ0v) is 9.95. The van der Waals surface area contributed by atoms with Crippen LogP contribution in [-0.4, -0.2) is 22.5 Å². The highest BCUT2D eigenvalue weighted by molar-refractivity contribution is 6.44. The van der Waals surface area contributed by atoms with Crippen LogP contribution in [0.15, 0.2) is 30.3 Å². The van der Waals surface area contributed by atoms with Gasteiger partial charge < -0.3 is 8.85 Å². The van der Waals surface area contributed by atoms with Crippen LogP contribution in [0.25, 0.3) is 0 Å². The molecule has 1 heterocycles. The minimum atomic E-state index is -0.918. The molecule has 1 aliphatic rings. The number of hydrogen-bond acceptors (Lipinski definition) is 2. The van der Waals surface area contributed by atoms with Crippen LogP contribution in [0, 0.1) is 0 Å². The lowest BCUT2D eigenvalue weighted by Gasteiger charge is -2.19. The molecule has 15 heavy (non-hydrogen) atoms. The average Bonchev–Trinajstić information content (AvgIpc) is 2.32. The van der Waals surface area contributed by atoms with Crippen LogP contribution < -0.4 is 0 Å². The first-order chi connectivity index (χ1) is 7.45. The first-order valence-corrected chi connectivity index (χ1v) is 7.13. The SMILES string of the molecule is c1ccc(CCO[Si]2CCCCO2)cc1. The van der Waals surface area contributed by atoms with Crippen LogP contribution in [0.5, 0.6) is 0 Å². The minimum Gasteiger partial charge on any atom is -0.393 e. The van der Waals surface area contributed by atoms with E-state index in [1.165, 1.54) is 18.4 Å². The predicted octanol–water partition coefficient (Wildman–Crippen LogP) is 2.54. The Balaban J connectivity index is 1.66. The van der Waals surface area contributed by atoms with E-state index in [0.29, 0.717) is 0 Å². The van der Waals surface area contributed by atoms with E-state index < -0.39 is 9.28 Å². The fourth-order valence-electron chi connectivity index (χ4n) is 1.67. The van der Waals surface area contributed by atoms with Gasteiger partial charge in [-0.05, 0) is 30.9 Å². The molecule has 0 N–H and O–H groups in total. The molecule has 1 saturated heterocycles. The molecule has 0 aromatic heterocycles. The van der Waals surface area contributed by atoms with Crippen LogP contribution in [0.2, 0.25) is 6.04 Å². The van der Waals surface area contributed by atoms with Crippen LogP contribution in [0.3, 0.4) is 0 Å². The molecule has 0 bridgehead atoms. The molecular formula is C12H17O2Si. The molecule has 0 amide bonds. The van der Waals surface area contributed by atoms with Gasteiger partial charge >= 0.3 is 9.28 Å². The maximum Gasteiger partial charge on any atom is 0.384 e. The maximum absolute atomic E-state index is 5.77. The van der Waals surface area contributed by atoms with E-state index in [0.717, 1.165) is 25.7 Å². The topological polar surface area (TPSA) is 18.5 Å². The molecule has 0 saturated carbocycles. The Morgan fingerprint density at radius 2 is 2.07 bits per heavy atom. The van der Waals surface area contributed by atoms with Crippen LogP contribution in [0.1, 0.15) is 18.4 Å². The molecule has 2 nitrogen and oxygen atoms in total. The second-order valence-corrected chi connectivity index (χ2v) is 5.58. The van der Waals surface area contributed by atoms with Crippen LogP contribution in [0.4, 0.5) is 0 Å². The Morgan fingerprint density at radius 3 is 2.80 bits per heavy atom. The molecule has 1 aromatic carbocycles. The van der Waals surface area contributed by atoms with Gasteiger partial charge in [-0.2, -0.15) is 0 Å². The lowest BCUT2D eigenvalue weighted by molar-refractivity contribution is 0.179. The van der Waals surface area contributed by atoms with E-state index in [-0.39, 0.29) is 0 Å². The lowest BCUT2D eigenvalue weighted by atomic mass is 10.2. The summed E-state index contributed by atoms with van der Waals surface area (Å²) < 4.78 is 11.4. The highest BCUT2D eigenvalue weighted by Gasteiger charge is 2.18. The Hall–Kier alpha value is -0.643.